The number of aryl methyl sites for hydroxylation is 1. The molecule has 0 unspecified atom stereocenters. The first-order valence-electron chi connectivity index (χ1n) is 4.90. The number of hydrogen-bond donors (Lipinski definition) is 0. The summed E-state index contributed by atoms with van der Waals surface area (Å²) in [5.74, 6) is -1.07. The lowest BCUT2D eigenvalue weighted by Crippen LogP contribution is -2.08. The Morgan fingerprint density at radius 3 is 2.28 bits per heavy atom. The number of aromatic nitrogens is 3. The molecule has 1 aromatic carbocycles. The number of nitrogens with zero attached hydrogens (tertiary/aromatic N) is 4. The number of nitriles is 1. The maximum absolute atomic E-state index is 12.4. The van der Waals surface area contributed by atoms with Gasteiger partial charge in [-0.15, -0.1) is 5.10 Å². The van der Waals surface area contributed by atoms with Gasteiger partial charge in [0.25, 0.3) is 5.82 Å². The molecule has 18 heavy (non-hydrogen) atoms. The number of rotatable bonds is 1. The summed E-state index contributed by atoms with van der Waals surface area (Å²) >= 11 is 0. The van der Waals surface area contributed by atoms with Gasteiger partial charge in [-0.2, -0.15) is 18.4 Å². The predicted octanol–water partition coefficient (Wildman–Crippen LogP) is 2.37. The standard InChI is InChI=1S/C11H7F3N4/c1-18-9(16-10(17-18)11(12,13)14)8-4-2-7(6-15)3-5-8/h2-5H,1H3. The van der Waals surface area contributed by atoms with E-state index >= 15 is 0 Å². The quantitative estimate of drug-likeness (QED) is 0.782. The average Bonchev–Trinajstić information content (AvgIpc) is 2.71. The third-order valence-corrected chi connectivity index (χ3v) is 2.29. The van der Waals surface area contributed by atoms with Gasteiger partial charge in [0.05, 0.1) is 11.6 Å². The molecule has 1 aromatic heterocycles. The van der Waals surface area contributed by atoms with Crippen LogP contribution in [-0.4, -0.2) is 14.8 Å². The molecule has 0 saturated heterocycles. The van der Waals surface area contributed by atoms with E-state index in [1.807, 2.05) is 6.07 Å². The molecule has 0 radical (unpaired) electrons. The van der Waals surface area contributed by atoms with Gasteiger partial charge in [0.1, 0.15) is 0 Å². The second-order valence-electron chi connectivity index (χ2n) is 3.57. The van der Waals surface area contributed by atoms with Crippen molar-refractivity contribution in [2.24, 2.45) is 7.05 Å². The van der Waals surface area contributed by atoms with Crippen molar-refractivity contribution in [3.05, 3.63) is 35.7 Å². The summed E-state index contributed by atoms with van der Waals surface area (Å²) in [5, 5.41) is 11.9. The van der Waals surface area contributed by atoms with Crippen molar-refractivity contribution in [2.75, 3.05) is 0 Å². The van der Waals surface area contributed by atoms with Crippen LogP contribution in [0.5, 0.6) is 0 Å². The van der Waals surface area contributed by atoms with Crippen LogP contribution in [-0.2, 0) is 13.2 Å². The van der Waals surface area contributed by atoms with E-state index in [4.69, 9.17) is 5.26 Å². The highest BCUT2D eigenvalue weighted by Gasteiger charge is 2.36. The van der Waals surface area contributed by atoms with Crippen molar-refractivity contribution in [3.63, 3.8) is 0 Å². The zero-order valence-corrected chi connectivity index (χ0v) is 9.23. The zero-order valence-electron chi connectivity index (χ0n) is 9.23. The molecule has 0 aliphatic carbocycles. The third kappa shape index (κ3) is 2.18. The summed E-state index contributed by atoms with van der Waals surface area (Å²) in [6, 6.07) is 8.01. The van der Waals surface area contributed by atoms with Gasteiger partial charge in [-0.1, -0.05) is 0 Å². The zero-order chi connectivity index (χ0) is 13.3. The van der Waals surface area contributed by atoms with Gasteiger partial charge in [0.15, 0.2) is 5.82 Å². The fourth-order valence-corrected chi connectivity index (χ4v) is 1.45. The number of benzene rings is 1. The van der Waals surface area contributed by atoms with Crippen LogP contribution in [0.4, 0.5) is 13.2 Å². The molecule has 0 bridgehead atoms. The highest BCUT2D eigenvalue weighted by Crippen LogP contribution is 2.28. The average molecular weight is 252 g/mol. The largest absolute Gasteiger partial charge is 0.453 e. The summed E-state index contributed by atoms with van der Waals surface area (Å²) in [7, 11) is 1.38. The van der Waals surface area contributed by atoms with E-state index in [2.05, 4.69) is 10.1 Å². The lowest BCUT2D eigenvalue weighted by molar-refractivity contribution is -0.144. The third-order valence-electron chi connectivity index (χ3n) is 2.29. The second kappa shape index (κ2) is 4.14. The van der Waals surface area contributed by atoms with Gasteiger partial charge < -0.3 is 0 Å². The summed E-state index contributed by atoms with van der Waals surface area (Å²) < 4.78 is 38.4. The van der Waals surface area contributed by atoms with E-state index in [9.17, 15) is 13.2 Å². The summed E-state index contributed by atoms with van der Waals surface area (Å²) in [5.41, 5.74) is 0.900. The number of halogens is 3. The molecule has 0 saturated carbocycles. The van der Waals surface area contributed by atoms with E-state index < -0.39 is 12.0 Å². The van der Waals surface area contributed by atoms with Gasteiger partial charge in [0, 0.05) is 12.6 Å². The molecule has 0 N–H and O–H groups in total. The smallest absolute Gasteiger partial charge is 0.248 e. The van der Waals surface area contributed by atoms with E-state index in [1.165, 1.54) is 31.3 Å². The number of hydrogen-bond acceptors (Lipinski definition) is 3. The molecule has 2 aromatic rings. The molecule has 0 amide bonds. The minimum Gasteiger partial charge on any atom is -0.248 e. The first kappa shape index (κ1) is 12.1. The summed E-state index contributed by atoms with van der Waals surface area (Å²) in [6.07, 6.45) is -4.57. The highest BCUT2D eigenvalue weighted by molar-refractivity contribution is 5.56. The van der Waals surface area contributed by atoms with E-state index in [0.29, 0.717) is 11.1 Å². The molecule has 7 heteroatoms. The molecule has 4 nitrogen and oxygen atoms in total. The molecular formula is C11H7F3N4. The minimum atomic E-state index is -4.57. The Bertz CT molecular complexity index is 605. The fourth-order valence-electron chi connectivity index (χ4n) is 1.45. The van der Waals surface area contributed by atoms with Crippen molar-refractivity contribution in [3.8, 4) is 17.5 Å². The molecule has 92 valence electrons. The van der Waals surface area contributed by atoms with E-state index in [1.54, 1.807) is 0 Å². The molecule has 0 spiro atoms. The Morgan fingerprint density at radius 2 is 1.83 bits per heavy atom. The lowest BCUT2D eigenvalue weighted by Gasteiger charge is -1.99. The SMILES string of the molecule is Cn1nc(C(F)(F)F)nc1-c1ccc(C#N)cc1. The van der Waals surface area contributed by atoms with Crippen molar-refractivity contribution in [1.82, 2.24) is 14.8 Å². The van der Waals surface area contributed by atoms with Crippen molar-refractivity contribution >= 4 is 0 Å². The first-order valence-corrected chi connectivity index (χ1v) is 4.90. The van der Waals surface area contributed by atoms with Crippen molar-refractivity contribution in [1.29, 1.82) is 5.26 Å². The molecule has 0 fully saturated rings. The minimum absolute atomic E-state index is 0.104. The topological polar surface area (TPSA) is 54.5 Å². The molecule has 2 rings (SSSR count). The van der Waals surface area contributed by atoms with Gasteiger partial charge in [0.2, 0.25) is 0 Å². The normalized spacial score (nSPS) is 11.3. The van der Waals surface area contributed by atoms with Crippen LogP contribution in [0.25, 0.3) is 11.4 Å². The first-order chi connectivity index (χ1) is 8.41. The fraction of sp³-hybridized carbons (Fsp3) is 0.182. The van der Waals surface area contributed by atoms with Crippen LogP contribution in [0.2, 0.25) is 0 Å². The monoisotopic (exact) mass is 252 g/mol. The van der Waals surface area contributed by atoms with Crippen LogP contribution >= 0.6 is 0 Å². The highest BCUT2D eigenvalue weighted by atomic mass is 19.4. The maximum atomic E-state index is 12.4. The van der Waals surface area contributed by atoms with Crippen LogP contribution < -0.4 is 0 Å². The predicted molar refractivity (Wildman–Crippen MR) is 56.2 cm³/mol. The Hall–Kier alpha value is -2.36. The molecule has 0 aliphatic heterocycles. The van der Waals surface area contributed by atoms with Gasteiger partial charge in [-0.25, -0.2) is 9.67 Å². The van der Waals surface area contributed by atoms with Gasteiger partial charge in [-0.3, -0.25) is 0 Å². The van der Waals surface area contributed by atoms with Crippen molar-refractivity contribution in [2.45, 2.75) is 6.18 Å². The Morgan fingerprint density at radius 1 is 1.22 bits per heavy atom. The maximum Gasteiger partial charge on any atom is 0.453 e. The molecule has 0 atom stereocenters. The van der Waals surface area contributed by atoms with Gasteiger partial charge in [-0.05, 0) is 24.3 Å². The Balaban J connectivity index is 2.45. The van der Waals surface area contributed by atoms with E-state index in [-0.39, 0.29) is 5.82 Å². The lowest BCUT2D eigenvalue weighted by atomic mass is 10.1. The molecule has 0 aliphatic rings. The number of alkyl halides is 3. The summed E-state index contributed by atoms with van der Waals surface area (Å²) in [6.45, 7) is 0. The van der Waals surface area contributed by atoms with Crippen molar-refractivity contribution < 1.29 is 13.2 Å². The van der Waals surface area contributed by atoms with Crippen LogP contribution in [0.1, 0.15) is 11.4 Å². The van der Waals surface area contributed by atoms with Crippen LogP contribution in [0.3, 0.4) is 0 Å². The van der Waals surface area contributed by atoms with Crippen LogP contribution in [0.15, 0.2) is 24.3 Å². The van der Waals surface area contributed by atoms with Crippen LogP contribution in [0, 0.1) is 11.3 Å². The second-order valence-corrected chi connectivity index (χ2v) is 3.57. The Labute approximate surface area is 100 Å². The van der Waals surface area contributed by atoms with Gasteiger partial charge >= 0.3 is 6.18 Å². The Kier molecular flexibility index (Phi) is 2.79. The summed E-state index contributed by atoms with van der Waals surface area (Å²) in [4.78, 5) is 3.45. The molecular weight excluding hydrogens is 245 g/mol. The molecule has 1 heterocycles. The van der Waals surface area contributed by atoms with E-state index in [0.717, 1.165) is 4.68 Å².